The quantitative estimate of drug-likeness (QED) is 0.910. The van der Waals surface area contributed by atoms with Crippen LogP contribution in [0.4, 0.5) is 0 Å². The van der Waals surface area contributed by atoms with Gasteiger partial charge in [0.15, 0.2) is 0 Å². The molecule has 1 aliphatic heterocycles. The van der Waals surface area contributed by atoms with Gasteiger partial charge < -0.3 is 15.0 Å². The summed E-state index contributed by atoms with van der Waals surface area (Å²) in [4.78, 5) is 13.2. The monoisotopic (exact) mass is 274 g/mol. The van der Waals surface area contributed by atoms with Crippen LogP contribution in [0, 0.1) is 5.41 Å². The van der Waals surface area contributed by atoms with Crippen LogP contribution >= 0.6 is 0 Å². The van der Waals surface area contributed by atoms with Gasteiger partial charge in [0.1, 0.15) is 5.75 Å². The number of hydrogen-bond acceptors (Lipinski definition) is 3. The molecule has 20 heavy (non-hydrogen) atoms. The fourth-order valence-electron chi connectivity index (χ4n) is 3.48. The van der Waals surface area contributed by atoms with Crippen molar-refractivity contribution >= 4 is 5.91 Å². The molecule has 4 nitrogen and oxygen atoms in total. The summed E-state index contributed by atoms with van der Waals surface area (Å²) >= 11 is 0. The molecule has 4 heteroatoms. The van der Waals surface area contributed by atoms with Crippen LogP contribution in [0.5, 0.6) is 5.75 Å². The number of likely N-dealkylation sites (tertiary alicyclic amines) is 1. The van der Waals surface area contributed by atoms with E-state index < -0.39 is 0 Å². The van der Waals surface area contributed by atoms with E-state index in [4.69, 9.17) is 4.74 Å². The molecule has 108 valence electrons. The standard InChI is InChI=1S/C16H22N2O2/c1-12(19)18-10-16(11-18)7-14(8-16)17-9-13-5-3-4-6-15(13)20-2/h3-6,14,17H,7-11H2,1-2H3. The summed E-state index contributed by atoms with van der Waals surface area (Å²) in [6, 6.07) is 8.70. The van der Waals surface area contributed by atoms with Gasteiger partial charge in [-0.1, -0.05) is 18.2 Å². The number of ether oxygens (including phenoxy) is 1. The highest BCUT2D eigenvalue weighted by Gasteiger charge is 2.52. The van der Waals surface area contributed by atoms with Gasteiger partial charge in [-0.2, -0.15) is 0 Å². The van der Waals surface area contributed by atoms with Crippen LogP contribution in [0.1, 0.15) is 25.3 Å². The number of carbonyl (C=O) groups is 1. The van der Waals surface area contributed by atoms with E-state index in [9.17, 15) is 4.79 Å². The van der Waals surface area contributed by atoms with Crippen molar-refractivity contribution in [3.8, 4) is 5.75 Å². The van der Waals surface area contributed by atoms with Crippen molar-refractivity contribution in [2.24, 2.45) is 5.41 Å². The normalized spacial score (nSPS) is 20.4. The number of rotatable bonds is 4. The summed E-state index contributed by atoms with van der Waals surface area (Å²) < 4.78 is 5.36. The predicted octanol–water partition coefficient (Wildman–Crippen LogP) is 1.80. The predicted molar refractivity (Wildman–Crippen MR) is 77.5 cm³/mol. The number of nitrogens with one attached hydrogen (secondary N) is 1. The van der Waals surface area contributed by atoms with Crippen LogP contribution in [0.3, 0.4) is 0 Å². The molecule has 0 unspecified atom stereocenters. The van der Waals surface area contributed by atoms with E-state index in [1.807, 2.05) is 23.1 Å². The van der Waals surface area contributed by atoms with E-state index in [1.165, 1.54) is 18.4 Å². The first-order valence-electron chi connectivity index (χ1n) is 7.23. The molecule has 2 fully saturated rings. The van der Waals surface area contributed by atoms with Crippen molar-refractivity contribution in [3.05, 3.63) is 29.8 Å². The lowest BCUT2D eigenvalue weighted by Crippen LogP contribution is -2.66. The third kappa shape index (κ3) is 2.40. The van der Waals surface area contributed by atoms with Crippen molar-refractivity contribution in [1.82, 2.24) is 10.2 Å². The van der Waals surface area contributed by atoms with Gasteiger partial charge in [-0.25, -0.2) is 0 Å². The largest absolute Gasteiger partial charge is 0.496 e. The average Bonchev–Trinajstić information content (AvgIpc) is 2.35. The van der Waals surface area contributed by atoms with Crippen molar-refractivity contribution in [1.29, 1.82) is 0 Å². The maximum atomic E-state index is 11.2. The van der Waals surface area contributed by atoms with Gasteiger partial charge in [-0.3, -0.25) is 4.79 Å². The zero-order chi connectivity index (χ0) is 14.2. The molecule has 1 aliphatic carbocycles. The number of amides is 1. The molecule has 1 saturated carbocycles. The minimum atomic E-state index is 0.209. The lowest BCUT2D eigenvalue weighted by atomic mass is 9.60. The van der Waals surface area contributed by atoms with Gasteiger partial charge in [0.25, 0.3) is 0 Å². The van der Waals surface area contributed by atoms with Gasteiger partial charge in [0.2, 0.25) is 5.91 Å². The summed E-state index contributed by atoms with van der Waals surface area (Å²) in [5.74, 6) is 1.15. The number of methoxy groups -OCH3 is 1. The molecule has 1 heterocycles. The maximum absolute atomic E-state index is 11.2. The zero-order valence-electron chi connectivity index (χ0n) is 12.2. The molecule has 1 saturated heterocycles. The number of hydrogen-bond donors (Lipinski definition) is 1. The van der Waals surface area contributed by atoms with Crippen molar-refractivity contribution < 1.29 is 9.53 Å². The molecular weight excluding hydrogens is 252 g/mol. The first-order valence-corrected chi connectivity index (χ1v) is 7.23. The second kappa shape index (κ2) is 5.09. The first-order chi connectivity index (χ1) is 9.62. The summed E-state index contributed by atoms with van der Waals surface area (Å²) in [5.41, 5.74) is 1.62. The Balaban J connectivity index is 1.45. The highest BCUT2D eigenvalue weighted by atomic mass is 16.5. The maximum Gasteiger partial charge on any atom is 0.219 e. The highest BCUT2D eigenvalue weighted by molar-refractivity contribution is 5.74. The molecule has 0 aromatic heterocycles. The van der Waals surface area contributed by atoms with Gasteiger partial charge in [-0.15, -0.1) is 0 Å². The van der Waals surface area contributed by atoms with E-state index in [-0.39, 0.29) is 5.91 Å². The van der Waals surface area contributed by atoms with E-state index in [0.717, 1.165) is 25.4 Å². The molecule has 1 spiro atoms. The number of nitrogens with zero attached hydrogens (tertiary/aromatic N) is 1. The van der Waals surface area contributed by atoms with Crippen LogP contribution < -0.4 is 10.1 Å². The Bertz CT molecular complexity index is 501. The fourth-order valence-corrected chi connectivity index (χ4v) is 3.48. The fraction of sp³-hybridized carbons (Fsp3) is 0.562. The Morgan fingerprint density at radius 2 is 2.10 bits per heavy atom. The molecule has 2 aliphatic rings. The minimum Gasteiger partial charge on any atom is -0.496 e. The Morgan fingerprint density at radius 1 is 1.40 bits per heavy atom. The highest BCUT2D eigenvalue weighted by Crippen LogP contribution is 2.48. The van der Waals surface area contributed by atoms with E-state index in [1.54, 1.807) is 14.0 Å². The lowest BCUT2D eigenvalue weighted by Gasteiger charge is -2.59. The Kier molecular flexibility index (Phi) is 3.42. The zero-order valence-corrected chi connectivity index (χ0v) is 12.2. The Labute approximate surface area is 120 Å². The third-order valence-corrected chi connectivity index (χ3v) is 4.63. The smallest absolute Gasteiger partial charge is 0.219 e. The summed E-state index contributed by atoms with van der Waals surface area (Å²) in [7, 11) is 1.71. The van der Waals surface area contributed by atoms with Gasteiger partial charge in [0, 0.05) is 43.6 Å². The van der Waals surface area contributed by atoms with Crippen LogP contribution in [0.25, 0.3) is 0 Å². The molecule has 1 aromatic carbocycles. The summed E-state index contributed by atoms with van der Waals surface area (Å²) in [6.07, 6.45) is 2.37. The van der Waals surface area contributed by atoms with Gasteiger partial charge in [-0.05, 0) is 18.9 Å². The second-order valence-corrected chi connectivity index (χ2v) is 6.17. The van der Waals surface area contributed by atoms with Crippen LogP contribution in [-0.4, -0.2) is 37.0 Å². The number of para-hydroxylation sites is 1. The molecule has 3 rings (SSSR count). The van der Waals surface area contributed by atoms with Gasteiger partial charge >= 0.3 is 0 Å². The number of carbonyl (C=O) groups excluding carboxylic acids is 1. The first kappa shape index (κ1) is 13.4. The SMILES string of the molecule is COc1ccccc1CNC1CC2(C1)CN(C(C)=O)C2. The lowest BCUT2D eigenvalue weighted by molar-refractivity contribution is -0.149. The van der Waals surface area contributed by atoms with Crippen LogP contribution in [0.15, 0.2) is 24.3 Å². The van der Waals surface area contributed by atoms with Crippen molar-refractivity contribution in [3.63, 3.8) is 0 Å². The molecule has 0 radical (unpaired) electrons. The average molecular weight is 274 g/mol. The van der Waals surface area contributed by atoms with Crippen molar-refractivity contribution in [2.45, 2.75) is 32.4 Å². The molecule has 1 amide bonds. The molecule has 0 atom stereocenters. The summed E-state index contributed by atoms with van der Waals surface area (Å²) in [6.45, 7) is 4.41. The van der Waals surface area contributed by atoms with Crippen LogP contribution in [-0.2, 0) is 11.3 Å². The minimum absolute atomic E-state index is 0.209. The summed E-state index contributed by atoms with van der Waals surface area (Å²) in [5, 5.41) is 3.59. The Hall–Kier alpha value is -1.55. The van der Waals surface area contributed by atoms with Crippen LogP contribution in [0.2, 0.25) is 0 Å². The molecule has 1 aromatic rings. The number of benzene rings is 1. The topological polar surface area (TPSA) is 41.6 Å². The van der Waals surface area contributed by atoms with E-state index in [0.29, 0.717) is 11.5 Å². The second-order valence-electron chi connectivity index (χ2n) is 6.17. The van der Waals surface area contributed by atoms with E-state index in [2.05, 4.69) is 11.4 Å². The molecule has 0 bridgehead atoms. The van der Waals surface area contributed by atoms with Gasteiger partial charge in [0.05, 0.1) is 7.11 Å². The third-order valence-electron chi connectivity index (χ3n) is 4.63. The molecule has 1 N–H and O–H groups in total. The van der Waals surface area contributed by atoms with E-state index >= 15 is 0 Å². The molecular formula is C16H22N2O2. The van der Waals surface area contributed by atoms with Crippen molar-refractivity contribution in [2.75, 3.05) is 20.2 Å². The Morgan fingerprint density at radius 3 is 2.75 bits per heavy atom.